The Morgan fingerprint density at radius 3 is 2.61 bits per heavy atom. The quantitative estimate of drug-likeness (QED) is 0.778. The normalized spacial score (nSPS) is 18.1. The van der Waals surface area contributed by atoms with E-state index in [0.717, 1.165) is 42.6 Å². The number of likely N-dealkylation sites (tertiary alicyclic amines) is 1. The molecule has 1 unspecified atom stereocenters. The minimum atomic E-state index is -0.209. The first kappa shape index (κ1) is 17.5. The molecule has 1 aliphatic rings. The van der Waals surface area contributed by atoms with Gasteiger partial charge in [-0.3, -0.25) is 14.3 Å². The van der Waals surface area contributed by atoms with Crippen LogP contribution in [-0.2, 0) is 29.4 Å². The lowest BCUT2D eigenvalue weighted by atomic mass is 9.97. The Balaban J connectivity index is 2.21. The van der Waals surface area contributed by atoms with Crippen molar-refractivity contribution in [2.45, 2.75) is 46.5 Å². The maximum absolute atomic E-state index is 13.0. The largest absolute Gasteiger partial charge is 0.466 e. The number of rotatable bonds is 5. The number of carbonyl (C=O) groups is 2. The summed E-state index contributed by atoms with van der Waals surface area (Å²) in [5.74, 6) is -0.400. The van der Waals surface area contributed by atoms with Crippen molar-refractivity contribution in [3.63, 3.8) is 0 Å². The molecule has 1 aromatic rings. The second-order valence-electron chi connectivity index (χ2n) is 5.94. The topological polar surface area (TPSA) is 64.4 Å². The minimum absolute atomic E-state index is 0.000739. The molecule has 1 atom stereocenters. The minimum Gasteiger partial charge on any atom is -0.466 e. The van der Waals surface area contributed by atoms with Crippen LogP contribution in [0.15, 0.2) is 0 Å². The Bertz CT molecular complexity index is 580. The molecule has 2 rings (SSSR count). The first-order valence-electron chi connectivity index (χ1n) is 8.54. The third kappa shape index (κ3) is 3.57. The molecule has 0 N–H and O–H groups in total. The number of piperidine rings is 1. The number of amides is 1. The van der Waals surface area contributed by atoms with Gasteiger partial charge in [0.05, 0.1) is 29.5 Å². The second kappa shape index (κ2) is 7.62. The summed E-state index contributed by atoms with van der Waals surface area (Å²) in [6.45, 7) is 7.36. The molecule has 1 fully saturated rings. The summed E-state index contributed by atoms with van der Waals surface area (Å²) in [4.78, 5) is 26.8. The zero-order chi connectivity index (χ0) is 17.0. The van der Waals surface area contributed by atoms with Crippen molar-refractivity contribution in [1.29, 1.82) is 0 Å². The van der Waals surface area contributed by atoms with Crippen LogP contribution in [0.1, 0.15) is 55.4 Å². The molecule has 1 amide bonds. The van der Waals surface area contributed by atoms with Gasteiger partial charge in [0.15, 0.2) is 0 Å². The van der Waals surface area contributed by atoms with Crippen molar-refractivity contribution in [2.75, 3.05) is 19.7 Å². The standard InChI is InChI=1S/C17H27N3O3/c1-5-13-15(14(6-2)19(4)18-13)16(21)20-10-8-9-12(11-20)17(22)23-7-3/h12H,5-11H2,1-4H3. The van der Waals surface area contributed by atoms with Crippen LogP contribution in [0.4, 0.5) is 0 Å². The average Bonchev–Trinajstić information content (AvgIpc) is 2.90. The van der Waals surface area contributed by atoms with Crippen LogP contribution in [0, 0.1) is 5.92 Å². The van der Waals surface area contributed by atoms with Crippen LogP contribution < -0.4 is 0 Å². The van der Waals surface area contributed by atoms with E-state index in [4.69, 9.17) is 4.74 Å². The van der Waals surface area contributed by atoms with Crippen molar-refractivity contribution < 1.29 is 14.3 Å². The van der Waals surface area contributed by atoms with Crippen molar-refractivity contribution >= 4 is 11.9 Å². The number of esters is 1. The fourth-order valence-corrected chi connectivity index (χ4v) is 3.29. The number of ether oxygens (including phenoxy) is 1. The van der Waals surface area contributed by atoms with E-state index in [1.165, 1.54) is 0 Å². The van der Waals surface area contributed by atoms with Gasteiger partial charge in [-0.05, 0) is 32.6 Å². The molecule has 0 radical (unpaired) electrons. The van der Waals surface area contributed by atoms with Gasteiger partial charge in [-0.1, -0.05) is 13.8 Å². The lowest BCUT2D eigenvalue weighted by Crippen LogP contribution is -2.43. The van der Waals surface area contributed by atoms with Gasteiger partial charge in [0.25, 0.3) is 5.91 Å². The van der Waals surface area contributed by atoms with Gasteiger partial charge >= 0.3 is 5.97 Å². The maximum atomic E-state index is 13.0. The van der Waals surface area contributed by atoms with Gasteiger partial charge in [0, 0.05) is 20.1 Å². The molecule has 0 bridgehead atoms. The molecule has 0 aromatic carbocycles. The zero-order valence-electron chi connectivity index (χ0n) is 14.6. The van der Waals surface area contributed by atoms with E-state index in [1.807, 2.05) is 20.9 Å². The molecule has 6 nitrogen and oxygen atoms in total. The molecule has 1 saturated heterocycles. The lowest BCUT2D eigenvalue weighted by Gasteiger charge is -2.31. The fourth-order valence-electron chi connectivity index (χ4n) is 3.29. The molecule has 0 saturated carbocycles. The van der Waals surface area contributed by atoms with Crippen molar-refractivity contribution in [3.05, 3.63) is 17.0 Å². The highest BCUT2D eigenvalue weighted by molar-refractivity contribution is 5.97. The van der Waals surface area contributed by atoms with Crippen LogP contribution in [0.2, 0.25) is 0 Å². The van der Waals surface area contributed by atoms with Crippen molar-refractivity contribution in [3.8, 4) is 0 Å². The highest BCUT2D eigenvalue weighted by Gasteiger charge is 2.32. The highest BCUT2D eigenvalue weighted by atomic mass is 16.5. The maximum Gasteiger partial charge on any atom is 0.310 e. The molecule has 23 heavy (non-hydrogen) atoms. The molecule has 6 heteroatoms. The van der Waals surface area contributed by atoms with E-state index in [2.05, 4.69) is 5.10 Å². The predicted molar refractivity (Wildman–Crippen MR) is 87.2 cm³/mol. The predicted octanol–water partition coefficient (Wildman–Crippen LogP) is 1.96. The molecule has 2 heterocycles. The Kier molecular flexibility index (Phi) is 5.80. The van der Waals surface area contributed by atoms with Crippen LogP contribution in [-0.4, -0.2) is 46.3 Å². The fraction of sp³-hybridized carbons (Fsp3) is 0.706. The molecule has 1 aliphatic heterocycles. The summed E-state index contributed by atoms with van der Waals surface area (Å²) in [5, 5.41) is 4.48. The van der Waals surface area contributed by atoms with Crippen molar-refractivity contribution in [2.24, 2.45) is 13.0 Å². The highest BCUT2D eigenvalue weighted by Crippen LogP contribution is 2.23. The first-order chi connectivity index (χ1) is 11.0. The Labute approximate surface area is 137 Å². The third-order valence-corrected chi connectivity index (χ3v) is 4.45. The number of aromatic nitrogens is 2. The lowest BCUT2D eigenvalue weighted by molar-refractivity contribution is -0.149. The third-order valence-electron chi connectivity index (χ3n) is 4.45. The second-order valence-corrected chi connectivity index (χ2v) is 5.94. The molecule has 128 valence electrons. The number of aryl methyl sites for hydroxylation is 2. The van der Waals surface area contributed by atoms with E-state index >= 15 is 0 Å². The van der Waals surface area contributed by atoms with Crippen LogP contribution in [0.25, 0.3) is 0 Å². The summed E-state index contributed by atoms with van der Waals surface area (Å²) in [6.07, 6.45) is 3.11. The SMILES string of the molecule is CCOC(=O)C1CCCN(C(=O)c2c(CC)nn(C)c2CC)C1. The summed E-state index contributed by atoms with van der Waals surface area (Å²) in [5.41, 5.74) is 2.53. The summed E-state index contributed by atoms with van der Waals surface area (Å²) >= 11 is 0. The summed E-state index contributed by atoms with van der Waals surface area (Å²) in [7, 11) is 1.88. The molecular weight excluding hydrogens is 294 g/mol. The number of carbonyl (C=O) groups excluding carboxylic acids is 2. The average molecular weight is 321 g/mol. The Morgan fingerprint density at radius 1 is 1.26 bits per heavy atom. The smallest absolute Gasteiger partial charge is 0.310 e. The van der Waals surface area contributed by atoms with E-state index in [0.29, 0.717) is 19.7 Å². The van der Waals surface area contributed by atoms with E-state index in [9.17, 15) is 9.59 Å². The van der Waals surface area contributed by atoms with E-state index in [-0.39, 0.29) is 17.8 Å². The number of hydrogen-bond acceptors (Lipinski definition) is 4. The van der Waals surface area contributed by atoms with Crippen LogP contribution in [0.5, 0.6) is 0 Å². The van der Waals surface area contributed by atoms with Crippen molar-refractivity contribution in [1.82, 2.24) is 14.7 Å². The summed E-state index contributed by atoms with van der Waals surface area (Å²) < 4.78 is 6.92. The van der Waals surface area contributed by atoms with Gasteiger partial charge in [-0.2, -0.15) is 5.10 Å². The van der Waals surface area contributed by atoms with Gasteiger partial charge in [0.1, 0.15) is 0 Å². The number of hydrogen-bond donors (Lipinski definition) is 0. The molecule has 0 spiro atoms. The monoisotopic (exact) mass is 321 g/mol. The van der Waals surface area contributed by atoms with Gasteiger partial charge in [-0.15, -0.1) is 0 Å². The van der Waals surface area contributed by atoms with Gasteiger partial charge < -0.3 is 9.64 Å². The zero-order valence-corrected chi connectivity index (χ0v) is 14.6. The van der Waals surface area contributed by atoms with Gasteiger partial charge in [-0.25, -0.2) is 0 Å². The van der Waals surface area contributed by atoms with E-state index in [1.54, 1.807) is 16.5 Å². The van der Waals surface area contributed by atoms with Crippen LogP contribution >= 0.6 is 0 Å². The Hall–Kier alpha value is -1.85. The Morgan fingerprint density at radius 2 is 2.00 bits per heavy atom. The van der Waals surface area contributed by atoms with E-state index < -0.39 is 0 Å². The van der Waals surface area contributed by atoms with Crippen LogP contribution in [0.3, 0.4) is 0 Å². The van der Waals surface area contributed by atoms with Gasteiger partial charge in [0.2, 0.25) is 0 Å². The first-order valence-corrected chi connectivity index (χ1v) is 8.54. The molecule has 1 aromatic heterocycles. The number of nitrogens with zero attached hydrogens (tertiary/aromatic N) is 3. The molecular formula is C17H27N3O3. The summed E-state index contributed by atoms with van der Waals surface area (Å²) in [6, 6.07) is 0. The molecule has 0 aliphatic carbocycles.